The van der Waals surface area contributed by atoms with Crippen LogP contribution in [0, 0.1) is 46.3 Å². The van der Waals surface area contributed by atoms with Gasteiger partial charge in [-0.2, -0.15) is 0 Å². The average molecular weight is 403 g/mol. The third-order valence-corrected chi connectivity index (χ3v) is 10.3. The third-order valence-electron chi connectivity index (χ3n) is 10.3. The average Bonchev–Trinajstić information content (AvgIpc) is 3.00. The van der Waals surface area contributed by atoms with Crippen LogP contribution in [-0.4, -0.2) is 22.4 Å². The standard InChI is InChI=1S/C27H46O2/c1-17(2)7-6-8-18(3)21-9-10-22-25-23(12-14-27(21,22)5)26(4)13-11-20(28)15-19(26)16-24(25)29/h16-18,20-25,28-29H,6-15H2,1-5H3/t18-,20+,21-,22+,23-,24-,25-,26+,27-/m1/s1. The Kier molecular flexibility index (Phi) is 6.01. The monoisotopic (exact) mass is 402 g/mol. The first-order valence-corrected chi connectivity index (χ1v) is 12.7. The van der Waals surface area contributed by atoms with Gasteiger partial charge in [0.05, 0.1) is 12.2 Å². The van der Waals surface area contributed by atoms with Crippen LogP contribution in [0.2, 0.25) is 0 Å². The van der Waals surface area contributed by atoms with Crippen LogP contribution in [0.1, 0.15) is 98.8 Å². The second-order valence-corrected chi connectivity index (χ2v) is 12.3. The van der Waals surface area contributed by atoms with Crippen molar-refractivity contribution in [3.8, 4) is 0 Å². The highest BCUT2D eigenvalue weighted by atomic mass is 16.3. The van der Waals surface area contributed by atoms with E-state index in [0.29, 0.717) is 23.2 Å². The largest absolute Gasteiger partial charge is 0.393 e. The van der Waals surface area contributed by atoms with Gasteiger partial charge in [-0.05, 0) is 91.3 Å². The van der Waals surface area contributed by atoms with Crippen LogP contribution < -0.4 is 0 Å². The van der Waals surface area contributed by atoms with E-state index in [9.17, 15) is 10.2 Å². The van der Waals surface area contributed by atoms with Crippen LogP contribution in [-0.2, 0) is 0 Å². The molecular formula is C27H46O2. The van der Waals surface area contributed by atoms with Gasteiger partial charge in [-0.15, -0.1) is 0 Å². The maximum Gasteiger partial charge on any atom is 0.0757 e. The highest BCUT2D eigenvalue weighted by molar-refractivity contribution is 5.27. The summed E-state index contributed by atoms with van der Waals surface area (Å²) in [5.74, 6) is 4.18. The van der Waals surface area contributed by atoms with E-state index < -0.39 is 0 Å². The van der Waals surface area contributed by atoms with Crippen molar-refractivity contribution in [2.75, 3.05) is 0 Å². The fourth-order valence-electron chi connectivity index (χ4n) is 8.65. The molecule has 0 unspecified atom stereocenters. The summed E-state index contributed by atoms with van der Waals surface area (Å²) >= 11 is 0. The predicted octanol–water partition coefficient (Wildman–Crippen LogP) is 6.36. The Bertz CT molecular complexity index is 624. The Balaban J connectivity index is 1.54. The Morgan fingerprint density at radius 2 is 1.72 bits per heavy atom. The molecule has 2 nitrogen and oxygen atoms in total. The normalized spacial score (nSPS) is 47.9. The Hall–Kier alpha value is -0.340. The van der Waals surface area contributed by atoms with E-state index in [2.05, 4.69) is 40.7 Å². The first kappa shape index (κ1) is 21.9. The van der Waals surface area contributed by atoms with Gasteiger partial charge in [0.1, 0.15) is 0 Å². The van der Waals surface area contributed by atoms with Crippen molar-refractivity contribution in [2.45, 2.75) is 111 Å². The molecule has 0 saturated heterocycles. The SMILES string of the molecule is CC(C)CCC[C@@H](C)[C@H]1CC[C@H]2[C@H]3[C@H](O)C=C4C[C@@H](O)CC[C@]4(C)[C@@H]3CC[C@]12C. The lowest BCUT2D eigenvalue weighted by Crippen LogP contribution is -2.54. The summed E-state index contributed by atoms with van der Waals surface area (Å²) in [6.45, 7) is 12.2. The van der Waals surface area contributed by atoms with Crippen LogP contribution in [0.15, 0.2) is 11.6 Å². The summed E-state index contributed by atoms with van der Waals surface area (Å²) in [7, 11) is 0. The molecule has 2 heteroatoms. The molecule has 0 aromatic carbocycles. The van der Waals surface area contributed by atoms with Crippen molar-refractivity contribution in [1.29, 1.82) is 0 Å². The van der Waals surface area contributed by atoms with Crippen molar-refractivity contribution in [2.24, 2.45) is 46.3 Å². The smallest absolute Gasteiger partial charge is 0.0757 e. The fourth-order valence-corrected chi connectivity index (χ4v) is 8.65. The lowest BCUT2D eigenvalue weighted by Gasteiger charge is -2.59. The van der Waals surface area contributed by atoms with Crippen LogP contribution in [0.25, 0.3) is 0 Å². The molecule has 3 saturated carbocycles. The van der Waals surface area contributed by atoms with Gasteiger partial charge in [0.2, 0.25) is 0 Å². The maximum atomic E-state index is 11.3. The summed E-state index contributed by atoms with van der Waals surface area (Å²) in [6, 6.07) is 0. The zero-order valence-corrected chi connectivity index (χ0v) is 19.7. The summed E-state index contributed by atoms with van der Waals surface area (Å²) in [6.07, 6.45) is 13.9. The topological polar surface area (TPSA) is 40.5 Å². The molecule has 4 rings (SSSR count). The van der Waals surface area contributed by atoms with Crippen LogP contribution in [0.4, 0.5) is 0 Å². The lowest BCUT2D eigenvalue weighted by atomic mass is 9.46. The molecule has 0 amide bonds. The summed E-state index contributed by atoms with van der Waals surface area (Å²) in [4.78, 5) is 0. The van der Waals surface area contributed by atoms with Crippen LogP contribution in [0.5, 0.6) is 0 Å². The highest BCUT2D eigenvalue weighted by Gasteiger charge is 2.61. The van der Waals surface area contributed by atoms with Crippen molar-refractivity contribution in [1.82, 2.24) is 0 Å². The molecule has 9 atom stereocenters. The number of aliphatic hydroxyl groups excluding tert-OH is 2. The molecule has 29 heavy (non-hydrogen) atoms. The molecule has 0 aromatic heterocycles. The van der Waals surface area contributed by atoms with Gasteiger partial charge in [-0.25, -0.2) is 0 Å². The highest BCUT2D eigenvalue weighted by Crippen LogP contribution is 2.67. The Labute approximate surface area is 179 Å². The Morgan fingerprint density at radius 3 is 2.45 bits per heavy atom. The second-order valence-electron chi connectivity index (χ2n) is 12.3. The van der Waals surface area contributed by atoms with E-state index in [-0.39, 0.29) is 17.6 Å². The number of rotatable bonds is 5. The molecule has 0 radical (unpaired) electrons. The molecule has 166 valence electrons. The predicted molar refractivity (Wildman–Crippen MR) is 120 cm³/mol. The zero-order valence-electron chi connectivity index (χ0n) is 19.7. The minimum atomic E-state index is -0.298. The molecule has 0 heterocycles. The summed E-state index contributed by atoms with van der Waals surface area (Å²) in [5.41, 5.74) is 1.99. The minimum Gasteiger partial charge on any atom is -0.393 e. The minimum absolute atomic E-state index is 0.200. The van der Waals surface area contributed by atoms with Gasteiger partial charge < -0.3 is 10.2 Å². The van der Waals surface area contributed by atoms with Gasteiger partial charge in [0.25, 0.3) is 0 Å². The van der Waals surface area contributed by atoms with Gasteiger partial charge in [0, 0.05) is 0 Å². The lowest BCUT2D eigenvalue weighted by molar-refractivity contribution is -0.0970. The van der Waals surface area contributed by atoms with E-state index >= 15 is 0 Å². The maximum absolute atomic E-state index is 11.3. The molecule has 2 N–H and O–H groups in total. The van der Waals surface area contributed by atoms with Gasteiger partial charge in [0.15, 0.2) is 0 Å². The zero-order chi connectivity index (χ0) is 21.0. The van der Waals surface area contributed by atoms with Crippen molar-refractivity contribution < 1.29 is 10.2 Å². The molecule has 4 aliphatic rings. The number of hydrogen-bond acceptors (Lipinski definition) is 2. The van der Waals surface area contributed by atoms with E-state index in [1.807, 2.05) is 0 Å². The van der Waals surface area contributed by atoms with Crippen LogP contribution >= 0.6 is 0 Å². The first-order valence-electron chi connectivity index (χ1n) is 12.7. The quantitative estimate of drug-likeness (QED) is 0.525. The molecule has 0 aromatic rings. The van der Waals surface area contributed by atoms with Gasteiger partial charge in [-0.3, -0.25) is 0 Å². The van der Waals surface area contributed by atoms with Crippen molar-refractivity contribution in [3.63, 3.8) is 0 Å². The third kappa shape index (κ3) is 3.65. The fraction of sp³-hybridized carbons (Fsp3) is 0.926. The van der Waals surface area contributed by atoms with Gasteiger partial charge >= 0.3 is 0 Å². The van der Waals surface area contributed by atoms with Crippen molar-refractivity contribution in [3.05, 3.63) is 11.6 Å². The molecule has 0 spiro atoms. The molecule has 4 aliphatic carbocycles. The van der Waals surface area contributed by atoms with E-state index in [1.54, 1.807) is 0 Å². The number of aliphatic hydroxyl groups is 2. The molecule has 0 aliphatic heterocycles. The number of fused-ring (bicyclic) bond motifs is 5. The number of hydrogen-bond donors (Lipinski definition) is 2. The summed E-state index contributed by atoms with van der Waals surface area (Å²) < 4.78 is 0. The van der Waals surface area contributed by atoms with Crippen LogP contribution in [0.3, 0.4) is 0 Å². The van der Waals surface area contributed by atoms with Gasteiger partial charge in [-0.1, -0.05) is 65.5 Å². The van der Waals surface area contributed by atoms with E-state index in [1.165, 1.54) is 50.5 Å². The molecule has 0 bridgehead atoms. The first-order chi connectivity index (χ1) is 13.7. The summed E-state index contributed by atoms with van der Waals surface area (Å²) in [5, 5.41) is 21.5. The molecular weight excluding hydrogens is 356 g/mol. The van der Waals surface area contributed by atoms with E-state index in [4.69, 9.17) is 0 Å². The van der Waals surface area contributed by atoms with Crippen molar-refractivity contribution >= 4 is 0 Å². The Morgan fingerprint density at radius 1 is 0.966 bits per heavy atom. The second kappa shape index (κ2) is 7.97. The van der Waals surface area contributed by atoms with E-state index in [0.717, 1.165) is 37.0 Å². The molecule has 3 fully saturated rings.